The van der Waals surface area contributed by atoms with Gasteiger partial charge in [0.1, 0.15) is 0 Å². The van der Waals surface area contributed by atoms with E-state index >= 15 is 0 Å². The number of ether oxygens (including phenoxy) is 2. The van der Waals surface area contributed by atoms with Crippen molar-refractivity contribution in [2.45, 2.75) is 0 Å². The third-order valence-electron chi connectivity index (χ3n) is 4.36. The summed E-state index contributed by atoms with van der Waals surface area (Å²) in [6.07, 6.45) is 0. The van der Waals surface area contributed by atoms with Crippen molar-refractivity contribution >= 4 is 40.9 Å². The molecule has 3 rings (SSSR count). The smallest absolute Gasteiger partial charge is 0.347 e. The second kappa shape index (κ2) is 9.72. The number of hydrogen-bond acceptors (Lipinski definition) is 13. The third kappa shape index (κ3) is 5.16. The number of rotatable bonds is 5. The number of carbonyl (C=O) groups is 3. The van der Waals surface area contributed by atoms with E-state index in [1.807, 2.05) is 0 Å². The molecule has 13 nitrogen and oxygen atoms in total. The number of phenolic OH excluding ortho intramolecular Hbond substituents is 7. The van der Waals surface area contributed by atoms with Crippen LogP contribution < -0.4 is 9.47 Å². The van der Waals surface area contributed by atoms with Gasteiger partial charge in [-0.15, -0.1) is 0 Å². The van der Waals surface area contributed by atoms with Crippen molar-refractivity contribution in [3.63, 3.8) is 0 Å². The van der Waals surface area contributed by atoms with Gasteiger partial charge in [-0.05, 0) is 36.4 Å². The number of aromatic hydroxyl groups is 7. The molecule has 0 saturated heterocycles. The van der Waals surface area contributed by atoms with Crippen LogP contribution in [0.1, 0.15) is 31.1 Å². The van der Waals surface area contributed by atoms with Crippen LogP contribution in [0.25, 0.3) is 0 Å². The summed E-state index contributed by atoms with van der Waals surface area (Å²) in [5, 5.41) is 68.1. The minimum atomic E-state index is -1.28. The van der Waals surface area contributed by atoms with Crippen molar-refractivity contribution < 1.29 is 62.7 Å². The Morgan fingerprint density at radius 2 is 0.829 bits per heavy atom. The van der Waals surface area contributed by atoms with E-state index < -0.39 is 80.8 Å². The van der Waals surface area contributed by atoms with Gasteiger partial charge in [-0.25, -0.2) is 14.4 Å². The molecule has 7 N–H and O–H groups in total. The van der Waals surface area contributed by atoms with Crippen molar-refractivity contribution in [1.29, 1.82) is 0 Å². The van der Waals surface area contributed by atoms with Crippen molar-refractivity contribution in [2.75, 3.05) is 0 Å². The number of hydrogen-bond donors (Lipinski definition) is 7. The second-order valence-electron chi connectivity index (χ2n) is 6.69. The van der Waals surface area contributed by atoms with Gasteiger partial charge in [-0.1, -0.05) is 0 Å². The molecule has 0 aromatic heterocycles. The molecular weight excluding hydrogens is 587 g/mol. The summed E-state index contributed by atoms with van der Waals surface area (Å²) in [6.45, 7) is 0. The zero-order valence-corrected chi connectivity index (χ0v) is 19.1. The fourth-order valence-corrected chi connectivity index (χ4v) is 2.92. The Morgan fingerprint density at radius 3 is 1.20 bits per heavy atom. The van der Waals surface area contributed by atoms with Gasteiger partial charge >= 0.3 is 17.9 Å². The van der Waals surface area contributed by atoms with E-state index in [0.717, 1.165) is 36.4 Å². The highest BCUT2D eigenvalue weighted by atomic mass is 127. The maximum absolute atomic E-state index is 12.6. The fraction of sp³-hybridized carbons (Fsp3) is 0. The molecular formula is C21H13IO13. The van der Waals surface area contributed by atoms with Gasteiger partial charge in [0, 0.05) is 0 Å². The van der Waals surface area contributed by atoms with Crippen LogP contribution in [-0.2, 0) is 3.07 Å². The maximum Gasteiger partial charge on any atom is 0.347 e. The van der Waals surface area contributed by atoms with Gasteiger partial charge in [0.15, 0.2) is 63.3 Å². The predicted octanol–water partition coefficient (Wildman–Crippen LogP) is 2.57. The normalized spacial score (nSPS) is 10.4. The van der Waals surface area contributed by atoms with Crippen molar-refractivity contribution in [3.05, 3.63) is 53.1 Å². The predicted molar refractivity (Wildman–Crippen MR) is 120 cm³/mol. The minimum Gasteiger partial charge on any atom is -0.504 e. The van der Waals surface area contributed by atoms with E-state index in [9.17, 15) is 50.1 Å². The molecule has 0 fully saturated rings. The molecule has 3 aromatic carbocycles. The van der Waals surface area contributed by atoms with Crippen molar-refractivity contribution in [3.8, 4) is 51.7 Å². The van der Waals surface area contributed by atoms with E-state index in [0.29, 0.717) is 0 Å². The van der Waals surface area contributed by atoms with E-state index in [1.165, 1.54) is 23.0 Å². The lowest BCUT2D eigenvalue weighted by Gasteiger charge is -2.12. The first kappa shape index (κ1) is 25.0. The van der Waals surface area contributed by atoms with Crippen LogP contribution in [0.5, 0.6) is 51.7 Å². The molecule has 0 aliphatic rings. The van der Waals surface area contributed by atoms with E-state index in [1.54, 1.807) is 0 Å². The second-order valence-corrected chi connectivity index (χ2v) is 7.13. The first-order valence-corrected chi connectivity index (χ1v) is 9.95. The summed E-state index contributed by atoms with van der Waals surface area (Å²) in [5.74, 6) is -11.1. The number of carbonyl (C=O) groups excluding carboxylic acids is 3. The highest BCUT2D eigenvalue weighted by Gasteiger charge is 2.23. The molecule has 0 spiro atoms. The molecule has 0 aliphatic carbocycles. The van der Waals surface area contributed by atoms with Crippen LogP contribution in [0.3, 0.4) is 0 Å². The maximum atomic E-state index is 12.6. The Bertz CT molecular complexity index is 1340. The zero-order chi connectivity index (χ0) is 26.0. The third-order valence-corrected chi connectivity index (χ3v) is 4.76. The zero-order valence-electron chi connectivity index (χ0n) is 16.9. The fourth-order valence-electron chi connectivity index (χ4n) is 2.66. The largest absolute Gasteiger partial charge is 0.504 e. The Labute approximate surface area is 208 Å². The van der Waals surface area contributed by atoms with E-state index in [-0.39, 0.29) is 5.56 Å². The van der Waals surface area contributed by atoms with Crippen LogP contribution in [-0.4, -0.2) is 53.7 Å². The molecule has 0 heterocycles. The van der Waals surface area contributed by atoms with Crippen molar-refractivity contribution in [2.24, 2.45) is 0 Å². The minimum absolute atomic E-state index is 0.277. The summed E-state index contributed by atoms with van der Waals surface area (Å²) < 4.78 is 14.3. The van der Waals surface area contributed by atoms with E-state index in [2.05, 4.69) is 3.07 Å². The Morgan fingerprint density at radius 1 is 0.514 bits per heavy atom. The number of phenols is 7. The lowest BCUT2D eigenvalue weighted by atomic mass is 10.1. The van der Waals surface area contributed by atoms with Crippen LogP contribution in [0, 0.1) is 0 Å². The lowest BCUT2D eigenvalue weighted by molar-refractivity contribution is 0.0707. The quantitative estimate of drug-likeness (QED) is 0.0970. The van der Waals surface area contributed by atoms with Gasteiger partial charge in [-0.2, -0.15) is 0 Å². The topological polar surface area (TPSA) is 221 Å². The van der Waals surface area contributed by atoms with E-state index in [4.69, 9.17) is 9.47 Å². The summed E-state index contributed by atoms with van der Waals surface area (Å²) in [4.78, 5) is 36.6. The molecule has 0 aliphatic heterocycles. The van der Waals surface area contributed by atoms with Crippen molar-refractivity contribution in [1.82, 2.24) is 0 Å². The van der Waals surface area contributed by atoms with Crippen LogP contribution in [0.15, 0.2) is 36.4 Å². The first-order chi connectivity index (χ1) is 16.4. The molecule has 14 heteroatoms. The van der Waals surface area contributed by atoms with Gasteiger partial charge in [0.25, 0.3) is 0 Å². The monoisotopic (exact) mass is 600 g/mol. The Balaban J connectivity index is 1.92. The number of halogens is 1. The number of esters is 2. The standard InChI is InChI=1S/C21H13IO13/c22-35-21(32)9-4-13(26)18(29)15(6-9)34-20(31)8-3-12(25)17(28)14(5-8)33-19(30)7-1-10(23)16(27)11(24)2-7/h1-6,23-29H. The van der Waals surface area contributed by atoms with Gasteiger partial charge in [0.05, 0.1) is 16.7 Å². The summed E-state index contributed by atoms with van der Waals surface area (Å²) in [7, 11) is 0. The summed E-state index contributed by atoms with van der Waals surface area (Å²) >= 11 is 1.28. The highest BCUT2D eigenvalue weighted by molar-refractivity contribution is 14.1. The molecule has 0 atom stereocenters. The molecule has 0 unspecified atom stereocenters. The average Bonchev–Trinajstić information content (AvgIpc) is 2.81. The van der Waals surface area contributed by atoms with Crippen LogP contribution in [0.4, 0.5) is 0 Å². The summed E-state index contributed by atoms with van der Waals surface area (Å²) in [5.41, 5.74) is -1.26. The first-order valence-electron chi connectivity index (χ1n) is 9.07. The summed E-state index contributed by atoms with van der Waals surface area (Å²) in [6, 6.07) is 4.74. The lowest BCUT2D eigenvalue weighted by Crippen LogP contribution is -2.12. The molecule has 0 bridgehead atoms. The van der Waals surface area contributed by atoms with Gasteiger partial charge in [0.2, 0.25) is 11.5 Å². The molecule has 3 aromatic rings. The van der Waals surface area contributed by atoms with Crippen LogP contribution in [0.2, 0.25) is 0 Å². The Hall–Kier alpha value is -4.60. The number of benzene rings is 3. The highest BCUT2D eigenvalue weighted by Crippen LogP contribution is 2.40. The molecule has 0 radical (unpaired) electrons. The SMILES string of the molecule is O=C(OI)c1cc(O)c(O)c(OC(=O)c2cc(O)c(O)c(OC(=O)c3cc(O)c(O)c(O)c3)c2)c1. The average molecular weight is 600 g/mol. The molecule has 0 saturated carbocycles. The van der Waals surface area contributed by atoms with Crippen LogP contribution >= 0.6 is 23.0 Å². The van der Waals surface area contributed by atoms with Gasteiger partial charge < -0.3 is 48.3 Å². The molecule has 182 valence electrons. The molecule has 0 amide bonds. The Kier molecular flexibility index (Phi) is 6.95. The van der Waals surface area contributed by atoms with Gasteiger partial charge in [-0.3, -0.25) is 0 Å². The molecule has 35 heavy (non-hydrogen) atoms.